The van der Waals surface area contributed by atoms with E-state index in [0.29, 0.717) is 18.8 Å². The van der Waals surface area contributed by atoms with Gasteiger partial charge in [0.1, 0.15) is 0 Å². The smallest absolute Gasteiger partial charge is 0.242 e. The zero-order valence-electron chi connectivity index (χ0n) is 11.4. The Hall–Kier alpha value is -0.610. The average molecular weight is 242 g/mol. The molecule has 0 radical (unpaired) electrons. The molecule has 4 nitrogen and oxygen atoms in total. The summed E-state index contributed by atoms with van der Waals surface area (Å²) in [7, 11) is 1.87. The maximum absolute atomic E-state index is 12.3. The number of carbonyl (C=O) groups excluding carboxylic acids is 1. The topological polar surface area (TPSA) is 55.6 Å². The summed E-state index contributed by atoms with van der Waals surface area (Å²) >= 11 is 0. The second-order valence-corrected chi connectivity index (χ2v) is 5.10. The van der Waals surface area contributed by atoms with Crippen LogP contribution < -0.4 is 5.73 Å². The molecule has 2 N–H and O–H groups in total. The Balaban J connectivity index is 2.50. The third-order valence-corrected chi connectivity index (χ3v) is 3.91. The second-order valence-electron chi connectivity index (χ2n) is 5.10. The molecule has 100 valence electrons. The summed E-state index contributed by atoms with van der Waals surface area (Å²) in [6.45, 7) is 6.40. The van der Waals surface area contributed by atoms with Crippen molar-refractivity contribution in [2.75, 3.05) is 26.8 Å². The van der Waals surface area contributed by atoms with Crippen LogP contribution in [0.15, 0.2) is 0 Å². The maximum Gasteiger partial charge on any atom is 0.242 e. The van der Waals surface area contributed by atoms with Crippen molar-refractivity contribution in [1.29, 1.82) is 0 Å². The summed E-state index contributed by atoms with van der Waals surface area (Å²) in [6.07, 6.45) is 3.49. The molecule has 1 aliphatic heterocycles. The van der Waals surface area contributed by atoms with Gasteiger partial charge in [-0.3, -0.25) is 4.79 Å². The first kappa shape index (κ1) is 14.5. The lowest BCUT2D eigenvalue weighted by Gasteiger charge is -2.33. The van der Waals surface area contributed by atoms with E-state index in [9.17, 15) is 4.79 Å². The van der Waals surface area contributed by atoms with Crippen molar-refractivity contribution in [3.05, 3.63) is 0 Å². The van der Waals surface area contributed by atoms with Gasteiger partial charge in [-0.15, -0.1) is 0 Å². The molecule has 0 saturated carbocycles. The van der Waals surface area contributed by atoms with Crippen molar-refractivity contribution in [2.24, 2.45) is 11.7 Å². The van der Waals surface area contributed by atoms with Crippen LogP contribution in [-0.2, 0) is 9.53 Å². The Morgan fingerprint density at radius 1 is 1.35 bits per heavy atom. The normalized spacial score (nSPS) is 18.1. The van der Waals surface area contributed by atoms with Crippen molar-refractivity contribution in [3.8, 4) is 0 Å². The first-order valence-corrected chi connectivity index (χ1v) is 6.65. The van der Waals surface area contributed by atoms with Crippen molar-refractivity contribution in [3.63, 3.8) is 0 Å². The minimum absolute atomic E-state index is 0.0778. The Bertz CT molecular complexity index is 246. The number of likely N-dealkylation sites (N-methyl/N-ethyl adjacent to an activating group) is 1. The first-order chi connectivity index (χ1) is 8.03. The largest absolute Gasteiger partial charge is 0.381 e. The van der Waals surface area contributed by atoms with Crippen LogP contribution in [-0.4, -0.2) is 43.2 Å². The van der Waals surface area contributed by atoms with Crippen LogP contribution in [0.4, 0.5) is 0 Å². The zero-order chi connectivity index (χ0) is 12.9. The minimum atomic E-state index is -0.681. The van der Waals surface area contributed by atoms with Gasteiger partial charge in [0.2, 0.25) is 5.91 Å². The fraction of sp³-hybridized carbons (Fsp3) is 0.923. The van der Waals surface area contributed by atoms with E-state index >= 15 is 0 Å². The predicted molar refractivity (Wildman–Crippen MR) is 68.7 cm³/mol. The molecule has 0 aromatic heterocycles. The molecule has 1 rings (SSSR count). The molecule has 0 unspecified atom stereocenters. The van der Waals surface area contributed by atoms with E-state index in [0.717, 1.165) is 32.6 Å². The van der Waals surface area contributed by atoms with E-state index in [1.54, 1.807) is 0 Å². The Kier molecular flexibility index (Phi) is 5.40. The van der Waals surface area contributed by atoms with Gasteiger partial charge in [-0.1, -0.05) is 13.8 Å². The molecule has 0 aliphatic carbocycles. The molecule has 0 atom stereocenters. The van der Waals surface area contributed by atoms with Crippen LogP contribution in [0.25, 0.3) is 0 Å². The number of amides is 1. The van der Waals surface area contributed by atoms with Crippen LogP contribution in [0.2, 0.25) is 0 Å². The SMILES string of the molecule is CCC(N)(CC)C(=O)N(C)CC1CCOCC1. The lowest BCUT2D eigenvalue weighted by atomic mass is 9.91. The molecule has 1 saturated heterocycles. The van der Waals surface area contributed by atoms with Gasteiger partial charge in [-0.05, 0) is 31.6 Å². The molecule has 1 amide bonds. The number of hydrogen-bond donors (Lipinski definition) is 1. The molecular weight excluding hydrogens is 216 g/mol. The molecule has 1 aliphatic rings. The average Bonchev–Trinajstić information content (AvgIpc) is 2.38. The van der Waals surface area contributed by atoms with Gasteiger partial charge < -0.3 is 15.4 Å². The lowest BCUT2D eigenvalue weighted by Crippen LogP contribution is -2.54. The van der Waals surface area contributed by atoms with Crippen LogP contribution in [0.1, 0.15) is 39.5 Å². The molecule has 0 aromatic rings. The molecule has 4 heteroatoms. The maximum atomic E-state index is 12.3. The Labute approximate surface area is 104 Å². The molecule has 0 aromatic carbocycles. The van der Waals surface area contributed by atoms with E-state index in [1.165, 1.54) is 0 Å². The molecule has 0 bridgehead atoms. The number of carbonyl (C=O) groups is 1. The van der Waals surface area contributed by atoms with Crippen molar-refractivity contribution in [2.45, 2.75) is 45.1 Å². The highest BCUT2D eigenvalue weighted by molar-refractivity contribution is 5.85. The first-order valence-electron chi connectivity index (χ1n) is 6.65. The number of ether oxygens (including phenoxy) is 1. The number of nitrogens with zero attached hydrogens (tertiary/aromatic N) is 1. The monoisotopic (exact) mass is 242 g/mol. The minimum Gasteiger partial charge on any atom is -0.381 e. The van der Waals surface area contributed by atoms with Gasteiger partial charge in [0.05, 0.1) is 5.54 Å². The summed E-state index contributed by atoms with van der Waals surface area (Å²) in [6, 6.07) is 0. The van der Waals surface area contributed by atoms with E-state index < -0.39 is 5.54 Å². The predicted octanol–water partition coefficient (Wildman–Crippen LogP) is 1.39. The summed E-state index contributed by atoms with van der Waals surface area (Å²) in [5.74, 6) is 0.643. The molecule has 0 spiro atoms. The van der Waals surface area contributed by atoms with Gasteiger partial charge in [0.25, 0.3) is 0 Å². The van der Waals surface area contributed by atoms with E-state index in [1.807, 2.05) is 25.8 Å². The third-order valence-electron chi connectivity index (χ3n) is 3.91. The number of hydrogen-bond acceptors (Lipinski definition) is 3. The summed E-state index contributed by atoms with van der Waals surface area (Å²) in [4.78, 5) is 14.1. The van der Waals surface area contributed by atoms with E-state index in [4.69, 9.17) is 10.5 Å². The number of nitrogens with two attached hydrogens (primary N) is 1. The fourth-order valence-corrected chi connectivity index (χ4v) is 2.33. The quantitative estimate of drug-likeness (QED) is 0.792. The highest BCUT2D eigenvalue weighted by Crippen LogP contribution is 2.19. The van der Waals surface area contributed by atoms with Crippen LogP contribution in [0, 0.1) is 5.92 Å². The van der Waals surface area contributed by atoms with Gasteiger partial charge in [0.15, 0.2) is 0 Å². The lowest BCUT2D eigenvalue weighted by molar-refractivity contribution is -0.137. The standard InChI is InChI=1S/C13H26N2O2/c1-4-13(14,5-2)12(16)15(3)10-11-6-8-17-9-7-11/h11H,4-10,14H2,1-3H3. The van der Waals surface area contributed by atoms with Crippen LogP contribution >= 0.6 is 0 Å². The van der Waals surface area contributed by atoms with E-state index in [2.05, 4.69) is 0 Å². The highest BCUT2D eigenvalue weighted by Gasteiger charge is 2.33. The summed E-state index contributed by atoms with van der Waals surface area (Å²) in [5.41, 5.74) is 5.45. The molecule has 1 fully saturated rings. The molecule has 17 heavy (non-hydrogen) atoms. The van der Waals surface area contributed by atoms with Crippen molar-refractivity contribution >= 4 is 5.91 Å². The second kappa shape index (κ2) is 6.36. The van der Waals surface area contributed by atoms with Crippen molar-refractivity contribution < 1.29 is 9.53 Å². The van der Waals surface area contributed by atoms with E-state index in [-0.39, 0.29) is 5.91 Å². The van der Waals surface area contributed by atoms with Gasteiger partial charge >= 0.3 is 0 Å². The van der Waals surface area contributed by atoms with Gasteiger partial charge in [0, 0.05) is 26.8 Å². The highest BCUT2D eigenvalue weighted by atomic mass is 16.5. The Morgan fingerprint density at radius 3 is 2.35 bits per heavy atom. The van der Waals surface area contributed by atoms with Gasteiger partial charge in [-0.2, -0.15) is 0 Å². The van der Waals surface area contributed by atoms with Crippen LogP contribution in [0.5, 0.6) is 0 Å². The zero-order valence-corrected chi connectivity index (χ0v) is 11.4. The third kappa shape index (κ3) is 3.68. The summed E-state index contributed by atoms with van der Waals surface area (Å²) < 4.78 is 5.32. The molecule has 1 heterocycles. The van der Waals surface area contributed by atoms with Gasteiger partial charge in [-0.25, -0.2) is 0 Å². The summed E-state index contributed by atoms with van der Waals surface area (Å²) in [5, 5.41) is 0. The fourth-order valence-electron chi connectivity index (χ4n) is 2.33. The number of rotatable bonds is 5. The Morgan fingerprint density at radius 2 is 1.88 bits per heavy atom. The molecular formula is C13H26N2O2. The van der Waals surface area contributed by atoms with Crippen molar-refractivity contribution in [1.82, 2.24) is 4.90 Å². The van der Waals surface area contributed by atoms with Crippen LogP contribution in [0.3, 0.4) is 0 Å².